The van der Waals surface area contributed by atoms with Crippen LogP contribution < -0.4 is 5.32 Å². The lowest BCUT2D eigenvalue weighted by Crippen LogP contribution is -2.23. The summed E-state index contributed by atoms with van der Waals surface area (Å²) in [5, 5.41) is 11.2. The Morgan fingerprint density at radius 1 is 1.43 bits per heavy atom. The highest BCUT2D eigenvalue weighted by Gasteiger charge is 1.97. The zero-order valence-electron chi connectivity index (χ0n) is 7.53. The number of thiol groups is 1. The van der Waals surface area contributed by atoms with Gasteiger partial charge >= 0.3 is 0 Å². The van der Waals surface area contributed by atoms with Crippen LogP contribution >= 0.6 is 12.6 Å². The highest BCUT2D eigenvalue weighted by molar-refractivity contribution is 7.81. The van der Waals surface area contributed by atoms with Gasteiger partial charge in [-0.15, -0.1) is 0 Å². The SMILES string of the molecule is N#Cc1ccc(CNC(=O)CS)cc1. The fraction of sp³-hybridized carbons (Fsp3) is 0.200. The maximum absolute atomic E-state index is 10.9. The molecule has 0 saturated heterocycles. The van der Waals surface area contributed by atoms with Crippen molar-refractivity contribution in [2.75, 3.05) is 5.75 Å². The molecule has 1 amide bonds. The third-order valence-corrected chi connectivity index (χ3v) is 2.00. The van der Waals surface area contributed by atoms with Gasteiger partial charge in [0.2, 0.25) is 5.91 Å². The van der Waals surface area contributed by atoms with Crippen LogP contribution in [0.2, 0.25) is 0 Å². The molecule has 0 atom stereocenters. The summed E-state index contributed by atoms with van der Waals surface area (Å²) in [5.41, 5.74) is 1.59. The molecule has 1 aromatic rings. The van der Waals surface area contributed by atoms with Gasteiger partial charge in [0.05, 0.1) is 17.4 Å². The Hall–Kier alpha value is -1.47. The first kappa shape index (κ1) is 10.6. The molecular weight excluding hydrogens is 196 g/mol. The van der Waals surface area contributed by atoms with Gasteiger partial charge in [0.15, 0.2) is 0 Å². The number of carbonyl (C=O) groups excluding carboxylic acids is 1. The van der Waals surface area contributed by atoms with E-state index in [2.05, 4.69) is 17.9 Å². The summed E-state index contributed by atoms with van der Waals surface area (Å²) in [6.45, 7) is 0.477. The monoisotopic (exact) mass is 206 g/mol. The average Bonchev–Trinajstić information content (AvgIpc) is 2.26. The van der Waals surface area contributed by atoms with Crippen LogP contribution in [-0.4, -0.2) is 11.7 Å². The molecule has 0 spiro atoms. The second-order valence-electron chi connectivity index (χ2n) is 2.74. The minimum absolute atomic E-state index is 0.0994. The van der Waals surface area contributed by atoms with Gasteiger partial charge in [-0.2, -0.15) is 17.9 Å². The van der Waals surface area contributed by atoms with Crippen LogP contribution in [0, 0.1) is 11.3 Å². The van der Waals surface area contributed by atoms with Gasteiger partial charge in [0.25, 0.3) is 0 Å². The Labute approximate surface area is 88.2 Å². The second-order valence-corrected chi connectivity index (χ2v) is 3.06. The number of nitrogens with one attached hydrogen (secondary N) is 1. The van der Waals surface area contributed by atoms with E-state index in [1.165, 1.54) is 0 Å². The van der Waals surface area contributed by atoms with Gasteiger partial charge in [-0.05, 0) is 17.7 Å². The van der Waals surface area contributed by atoms with Crippen LogP contribution in [0.1, 0.15) is 11.1 Å². The van der Waals surface area contributed by atoms with Gasteiger partial charge < -0.3 is 5.32 Å². The molecule has 0 unspecified atom stereocenters. The third-order valence-electron chi connectivity index (χ3n) is 1.72. The number of rotatable bonds is 3. The number of hydrogen-bond donors (Lipinski definition) is 2. The van der Waals surface area contributed by atoms with Crippen LogP contribution in [0.4, 0.5) is 0 Å². The van der Waals surface area contributed by atoms with Crippen molar-refractivity contribution in [2.45, 2.75) is 6.54 Å². The van der Waals surface area contributed by atoms with E-state index in [1.54, 1.807) is 12.1 Å². The van der Waals surface area contributed by atoms with E-state index in [-0.39, 0.29) is 11.7 Å². The lowest BCUT2D eigenvalue weighted by molar-refractivity contribution is -0.118. The maximum atomic E-state index is 10.9. The van der Waals surface area contributed by atoms with Crippen LogP contribution in [0.25, 0.3) is 0 Å². The third kappa shape index (κ3) is 3.11. The maximum Gasteiger partial charge on any atom is 0.229 e. The molecule has 0 radical (unpaired) electrons. The highest BCUT2D eigenvalue weighted by Crippen LogP contribution is 2.02. The molecule has 0 bridgehead atoms. The van der Waals surface area contributed by atoms with Crippen LogP contribution in [0.5, 0.6) is 0 Å². The number of hydrogen-bond acceptors (Lipinski definition) is 3. The van der Waals surface area contributed by atoms with Crippen molar-refractivity contribution >= 4 is 18.5 Å². The van der Waals surface area contributed by atoms with E-state index in [4.69, 9.17) is 5.26 Å². The Morgan fingerprint density at radius 2 is 2.07 bits per heavy atom. The number of carbonyl (C=O) groups is 1. The number of nitrogens with zero attached hydrogens (tertiary/aromatic N) is 1. The van der Waals surface area contributed by atoms with E-state index in [0.717, 1.165) is 5.56 Å². The quantitative estimate of drug-likeness (QED) is 0.728. The minimum atomic E-state index is -0.0994. The summed E-state index contributed by atoms with van der Waals surface area (Å²) >= 11 is 3.84. The first-order valence-electron chi connectivity index (χ1n) is 4.13. The molecular formula is C10H10N2OS. The summed E-state index contributed by atoms with van der Waals surface area (Å²) in [4.78, 5) is 10.9. The number of nitriles is 1. The fourth-order valence-electron chi connectivity index (χ4n) is 0.954. The van der Waals surface area contributed by atoms with Crippen molar-refractivity contribution in [3.8, 4) is 6.07 Å². The smallest absolute Gasteiger partial charge is 0.229 e. The van der Waals surface area contributed by atoms with E-state index < -0.39 is 0 Å². The zero-order chi connectivity index (χ0) is 10.4. The van der Waals surface area contributed by atoms with Gasteiger partial charge in [0.1, 0.15) is 0 Å². The molecule has 0 aromatic heterocycles. The molecule has 0 fully saturated rings. The largest absolute Gasteiger partial charge is 0.351 e. The molecule has 4 heteroatoms. The van der Waals surface area contributed by atoms with Gasteiger partial charge in [-0.3, -0.25) is 4.79 Å². The molecule has 0 heterocycles. The Balaban J connectivity index is 2.53. The summed E-state index contributed by atoms with van der Waals surface area (Å²) in [6, 6.07) is 9.11. The minimum Gasteiger partial charge on any atom is -0.351 e. The van der Waals surface area contributed by atoms with Crippen molar-refractivity contribution in [3.05, 3.63) is 35.4 Å². The molecule has 0 aliphatic rings. The Kier molecular flexibility index (Phi) is 4.02. The number of amides is 1. The lowest BCUT2D eigenvalue weighted by Gasteiger charge is -2.02. The summed E-state index contributed by atoms with van der Waals surface area (Å²) in [5.74, 6) is 0.0914. The fourth-order valence-corrected chi connectivity index (χ4v) is 1.07. The first-order valence-corrected chi connectivity index (χ1v) is 4.76. The van der Waals surface area contributed by atoms with E-state index in [1.807, 2.05) is 18.2 Å². The summed E-state index contributed by atoms with van der Waals surface area (Å²) in [6.07, 6.45) is 0. The van der Waals surface area contributed by atoms with Crippen molar-refractivity contribution in [2.24, 2.45) is 0 Å². The molecule has 1 rings (SSSR count). The van der Waals surface area contributed by atoms with Gasteiger partial charge in [-0.25, -0.2) is 0 Å². The van der Waals surface area contributed by atoms with Gasteiger partial charge in [0, 0.05) is 6.54 Å². The van der Waals surface area contributed by atoms with Crippen LogP contribution in [0.3, 0.4) is 0 Å². The predicted octanol–water partition coefficient (Wildman–Crippen LogP) is 1.10. The van der Waals surface area contributed by atoms with E-state index in [9.17, 15) is 4.79 Å². The number of benzene rings is 1. The average molecular weight is 206 g/mol. The molecule has 0 aliphatic carbocycles. The second kappa shape index (κ2) is 5.30. The van der Waals surface area contributed by atoms with Crippen molar-refractivity contribution in [1.29, 1.82) is 5.26 Å². The molecule has 0 saturated carbocycles. The Bertz CT molecular complexity index is 353. The highest BCUT2D eigenvalue weighted by atomic mass is 32.1. The van der Waals surface area contributed by atoms with E-state index >= 15 is 0 Å². The van der Waals surface area contributed by atoms with Crippen LogP contribution in [0.15, 0.2) is 24.3 Å². The molecule has 72 valence electrons. The van der Waals surface area contributed by atoms with Gasteiger partial charge in [-0.1, -0.05) is 12.1 Å². The molecule has 1 N–H and O–H groups in total. The van der Waals surface area contributed by atoms with Crippen molar-refractivity contribution in [1.82, 2.24) is 5.32 Å². The topological polar surface area (TPSA) is 52.9 Å². The standard InChI is InChI=1S/C10H10N2OS/c11-5-8-1-3-9(4-2-8)6-12-10(13)7-14/h1-4,14H,6-7H2,(H,12,13). The van der Waals surface area contributed by atoms with Crippen molar-refractivity contribution in [3.63, 3.8) is 0 Å². The van der Waals surface area contributed by atoms with E-state index in [0.29, 0.717) is 12.1 Å². The summed E-state index contributed by atoms with van der Waals surface area (Å²) < 4.78 is 0. The normalized spacial score (nSPS) is 9.14. The molecule has 0 aliphatic heterocycles. The molecule has 14 heavy (non-hydrogen) atoms. The van der Waals surface area contributed by atoms with Crippen LogP contribution in [-0.2, 0) is 11.3 Å². The molecule has 3 nitrogen and oxygen atoms in total. The predicted molar refractivity (Wildman–Crippen MR) is 56.9 cm³/mol. The Morgan fingerprint density at radius 3 is 2.57 bits per heavy atom. The molecule has 1 aromatic carbocycles. The summed E-state index contributed by atoms with van der Waals surface area (Å²) in [7, 11) is 0. The lowest BCUT2D eigenvalue weighted by atomic mass is 10.1. The first-order chi connectivity index (χ1) is 6.76. The zero-order valence-corrected chi connectivity index (χ0v) is 8.42. The van der Waals surface area contributed by atoms with Crippen molar-refractivity contribution < 1.29 is 4.79 Å².